The Bertz CT molecular complexity index is 454. The highest BCUT2D eigenvalue weighted by Gasteiger charge is 2.43. The smallest absolute Gasteiger partial charge is 0.241 e. The van der Waals surface area contributed by atoms with Crippen LogP contribution in [0.25, 0.3) is 0 Å². The third-order valence-corrected chi connectivity index (χ3v) is 5.90. The minimum Gasteiger partial charge on any atom is -0.318 e. The second kappa shape index (κ2) is 6.08. The van der Waals surface area contributed by atoms with Crippen molar-refractivity contribution >= 4 is 29.0 Å². The molecule has 3 unspecified atom stereocenters. The SMILES string of the molecule is CC(C)CC1NC(c2ccsc2)N(C2CCSC2)C1=O. The van der Waals surface area contributed by atoms with Crippen LogP contribution in [0.15, 0.2) is 16.8 Å². The average molecular weight is 310 g/mol. The molecule has 1 aromatic rings. The molecule has 3 nitrogen and oxygen atoms in total. The fourth-order valence-corrected chi connectivity index (χ4v) is 4.99. The van der Waals surface area contributed by atoms with Crippen molar-refractivity contribution in [2.75, 3.05) is 11.5 Å². The van der Waals surface area contributed by atoms with Crippen molar-refractivity contribution < 1.29 is 4.79 Å². The summed E-state index contributed by atoms with van der Waals surface area (Å²) < 4.78 is 0. The van der Waals surface area contributed by atoms with Gasteiger partial charge < -0.3 is 4.90 Å². The lowest BCUT2D eigenvalue weighted by Crippen LogP contribution is -2.40. The molecule has 0 aromatic carbocycles. The number of carbonyl (C=O) groups excluding carboxylic acids is 1. The molecule has 0 saturated carbocycles. The van der Waals surface area contributed by atoms with E-state index in [9.17, 15) is 4.79 Å². The number of carbonyl (C=O) groups is 1. The van der Waals surface area contributed by atoms with Crippen LogP contribution in [-0.4, -0.2) is 34.4 Å². The van der Waals surface area contributed by atoms with Crippen molar-refractivity contribution in [3.8, 4) is 0 Å². The number of rotatable bonds is 4. The zero-order valence-electron chi connectivity index (χ0n) is 12.0. The van der Waals surface area contributed by atoms with Gasteiger partial charge in [0.25, 0.3) is 0 Å². The van der Waals surface area contributed by atoms with E-state index in [1.165, 1.54) is 11.3 Å². The normalized spacial score (nSPS) is 30.6. The fraction of sp³-hybridized carbons (Fsp3) is 0.667. The Kier molecular flexibility index (Phi) is 4.38. The zero-order valence-corrected chi connectivity index (χ0v) is 13.7. The van der Waals surface area contributed by atoms with Crippen LogP contribution in [0.3, 0.4) is 0 Å². The molecule has 5 heteroatoms. The molecule has 1 amide bonds. The number of amides is 1. The zero-order chi connectivity index (χ0) is 14.1. The summed E-state index contributed by atoms with van der Waals surface area (Å²) in [6, 6.07) is 2.54. The molecule has 110 valence electrons. The van der Waals surface area contributed by atoms with Gasteiger partial charge in [-0.15, -0.1) is 0 Å². The molecule has 0 aliphatic carbocycles. The number of hydrogen-bond acceptors (Lipinski definition) is 4. The standard InChI is InChI=1S/C15H22N2OS2/c1-10(2)7-13-15(18)17(12-4-6-20-9-12)14(16-13)11-3-5-19-8-11/h3,5,8,10,12-14,16H,4,6-7,9H2,1-2H3. The maximum Gasteiger partial charge on any atom is 0.241 e. The van der Waals surface area contributed by atoms with Crippen LogP contribution in [0.1, 0.15) is 38.4 Å². The first-order chi connectivity index (χ1) is 9.66. The van der Waals surface area contributed by atoms with Crippen molar-refractivity contribution in [3.63, 3.8) is 0 Å². The first-order valence-corrected chi connectivity index (χ1v) is 9.44. The molecule has 0 spiro atoms. The van der Waals surface area contributed by atoms with Gasteiger partial charge in [-0.05, 0) is 46.9 Å². The van der Waals surface area contributed by atoms with Crippen LogP contribution >= 0.6 is 23.1 Å². The van der Waals surface area contributed by atoms with Gasteiger partial charge in [0, 0.05) is 11.8 Å². The van der Waals surface area contributed by atoms with Crippen molar-refractivity contribution in [1.82, 2.24) is 10.2 Å². The highest BCUT2D eigenvalue weighted by molar-refractivity contribution is 7.99. The fourth-order valence-electron chi connectivity index (χ4n) is 3.11. The maximum atomic E-state index is 12.8. The summed E-state index contributed by atoms with van der Waals surface area (Å²) in [4.78, 5) is 14.9. The van der Waals surface area contributed by atoms with E-state index < -0.39 is 0 Å². The predicted octanol–water partition coefficient (Wildman–Crippen LogP) is 3.10. The quantitative estimate of drug-likeness (QED) is 0.927. The number of hydrogen-bond donors (Lipinski definition) is 1. The molecule has 3 rings (SSSR count). The molecule has 2 fully saturated rings. The summed E-state index contributed by atoms with van der Waals surface area (Å²) in [5.41, 5.74) is 1.24. The Balaban J connectivity index is 1.84. The lowest BCUT2D eigenvalue weighted by molar-refractivity contribution is -0.132. The van der Waals surface area contributed by atoms with Crippen molar-refractivity contribution in [2.24, 2.45) is 5.92 Å². The van der Waals surface area contributed by atoms with E-state index in [1.807, 2.05) is 11.8 Å². The molecular formula is C15H22N2OS2. The first kappa shape index (κ1) is 14.4. The van der Waals surface area contributed by atoms with Gasteiger partial charge in [0.2, 0.25) is 5.91 Å². The summed E-state index contributed by atoms with van der Waals surface area (Å²) in [6.07, 6.45) is 2.14. The Hall–Kier alpha value is -0.520. The number of thioether (sulfide) groups is 1. The Morgan fingerprint density at radius 3 is 2.95 bits per heavy atom. The monoisotopic (exact) mass is 310 g/mol. The summed E-state index contributed by atoms with van der Waals surface area (Å²) in [5.74, 6) is 3.11. The van der Waals surface area contributed by atoms with Crippen molar-refractivity contribution in [1.29, 1.82) is 0 Å². The molecule has 3 atom stereocenters. The van der Waals surface area contributed by atoms with E-state index in [2.05, 4.69) is 40.9 Å². The second-order valence-corrected chi connectivity index (χ2v) is 8.00. The molecule has 1 aromatic heterocycles. The molecular weight excluding hydrogens is 288 g/mol. The highest BCUT2D eigenvalue weighted by atomic mass is 32.2. The van der Waals surface area contributed by atoms with E-state index in [1.54, 1.807) is 11.3 Å². The van der Waals surface area contributed by atoms with E-state index in [0.29, 0.717) is 17.9 Å². The van der Waals surface area contributed by atoms with Gasteiger partial charge in [-0.1, -0.05) is 13.8 Å². The molecule has 3 heterocycles. The largest absolute Gasteiger partial charge is 0.318 e. The third kappa shape index (κ3) is 2.76. The molecule has 1 N–H and O–H groups in total. The van der Waals surface area contributed by atoms with E-state index in [0.717, 1.165) is 18.6 Å². The lowest BCUT2D eigenvalue weighted by Gasteiger charge is -2.29. The van der Waals surface area contributed by atoms with Crippen LogP contribution in [-0.2, 0) is 4.79 Å². The lowest BCUT2D eigenvalue weighted by atomic mass is 10.0. The molecule has 2 aliphatic heterocycles. The van der Waals surface area contributed by atoms with E-state index in [-0.39, 0.29) is 12.2 Å². The van der Waals surface area contributed by atoms with E-state index in [4.69, 9.17) is 0 Å². The molecule has 0 radical (unpaired) electrons. The van der Waals surface area contributed by atoms with Crippen LogP contribution in [0.2, 0.25) is 0 Å². The van der Waals surface area contributed by atoms with E-state index >= 15 is 0 Å². The summed E-state index contributed by atoms with van der Waals surface area (Å²) in [7, 11) is 0. The van der Waals surface area contributed by atoms with Gasteiger partial charge in [-0.3, -0.25) is 10.1 Å². The Labute approximate surface area is 129 Å². The molecule has 2 saturated heterocycles. The summed E-state index contributed by atoms with van der Waals surface area (Å²) in [6.45, 7) is 4.37. The van der Waals surface area contributed by atoms with Gasteiger partial charge in [-0.2, -0.15) is 23.1 Å². The van der Waals surface area contributed by atoms with Crippen LogP contribution < -0.4 is 5.32 Å². The molecule has 0 bridgehead atoms. The average Bonchev–Trinajstić information content (AvgIpc) is 3.10. The van der Waals surface area contributed by atoms with Gasteiger partial charge >= 0.3 is 0 Å². The Morgan fingerprint density at radius 1 is 1.50 bits per heavy atom. The maximum absolute atomic E-state index is 12.8. The molecule has 2 aliphatic rings. The number of nitrogens with zero attached hydrogens (tertiary/aromatic N) is 1. The van der Waals surface area contributed by atoms with Gasteiger partial charge in [0.1, 0.15) is 6.17 Å². The van der Waals surface area contributed by atoms with Crippen molar-refractivity contribution in [3.05, 3.63) is 22.4 Å². The first-order valence-electron chi connectivity index (χ1n) is 7.35. The summed E-state index contributed by atoms with van der Waals surface area (Å²) >= 11 is 3.67. The minimum atomic E-state index is -0.00880. The molecule has 20 heavy (non-hydrogen) atoms. The number of thiophene rings is 1. The van der Waals surface area contributed by atoms with Gasteiger partial charge in [0.05, 0.1) is 6.04 Å². The predicted molar refractivity (Wildman–Crippen MR) is 86.0 cm³/mol. The summed E-state index contributed by atoms with van der Waals surface area (Å²) in [5, 5.41) is 7.84. The minimum absolute atomic E-state index is 0.00880. The second-order valence-electron chi connectivity index (χ2n) is 6.07. The highest BCUT2D eigenvalue weighted by Crippen LogP contribution is 2.35. The third-order valence-electron chi connectivity index (χ3n) is 4.05. The van der Waals surface area contributed by atoms with Crippen molar-refractivity contribution in [2.45, 2.75) is 44.9 Å². The number of nitrogens with one attached hydrogen (secondary N) is 1. The van der Waals surface area contributed by atoms with Gasteiger partial charge in [-0.25, -0.2) is 0 Å². The topological polar surface area (TPSA) is 32.3 Å². The van der Waals surface area contributed by atoms with Crippen LogP contribution in [0.5, 0.6) is 0 Å². The van der Waals surface area contributed by atoms with Crippen LogP contribution in [0.4, 0.5) is 0 Å². The van der Waals surface area contributed by atoms with Crippen LogP contribution in [0, 0.1) is 5.92 Å². The van der Waals surface area contributed by atoms with Gasteiger partial charge in [0.15, 0.2) is 0 Å². The Morgan fingerprint density at radius 2 is 2.35 bits per heavy atom.